The molecule has 0 bridgehead atoms. The van der Waals surface area contributed by atoms with Crippen LogP contribution in [0.4, 0.5) is 9.93 Å². The van der Waals surface area contributed by atoms with E-state index in [4.69, 9.17) is 0 Å². The van der Waals surface area contributed by atoms with Gasteiger partial charge in [-0.25, -0.2) is 4.79 Å². The summed E-state index contributed by atoms with van der Waals surface area (Å²) in [6.45, 7) is 3.73. The first-order chi connectivity index (χ1) is 8.70. The molecule has 1 aromatic heterocycles. The Balaban J connectivity index is 1.83. The quantitative estimate of drug-likeness (QED) is 0.772. The van der Waals surface area contributed by atoms with E-state index >= 15 is 0 Å². The van der Waals surface area contributed by atoms with Crippen molar-refractivity contribution in [2.24, 2.45) is 0 Å². The summed E-state index contributed by atoms with van der Waals surface area (Å²) < 4.78 is 0.721. The van der Waals surface area contributed by atoms with Gasteiger partial charge in [0.1, 0.15) is 0 Å². The van der Waals surface area contributed by atoms with E-state index in [2.05, 4.69) is 20.8 Å². The molecule has 9 heteroatoms. The highest BCUT2D eigenvalue weighted by atomic mass is 32.2. The maximum Gasteiger partial charge on any atom is 0.324 e. The molecule has 1 fully saturated rings. The van der Waals surface area contributed by atoms with E-state index in [0.29, 0.717) is 13.1 Å². The van der Waals surface area contributed by atoms with Crippen LogP contribution in [0.25, 0.3) is 0 Å². The number of carbonyl (C=O) groups is 2. The molecule has 18 heavy (non-hydrogen) atoms. The van der Waals surface area contributed by atoms with Crippen LogP contribution in [0.15, 0.2) is 4.34 Å². The van der Waals surface area contributed by atoms with Crippen molar-refractivity contribution in [3.05, 3.63) is 0 Å². The molecule has 0 radical (unpaired) electrons. The van der Waals surface area contributed by atoms with Gasteiger partial charge in [-0.15, -0.1) is 10.2 Å². The fourth-order valence-corrected chi connectivity index (χ4v) is 3.10. The molecule has 0 atom stereocenters. The summed E-state index contributed by atoms with van der Waals surface area (Å²) in [6, 6.07) is -0.314. The number of aromatic nitrogens is 2. The fraction of sp³-hybridized carbons (Fsp3) is 0.556. The Morgan fingerprint density at radius 1 is 1.61 bits per heavy atom. The van der Waals surface area contributed by atoms with E-state index in [-0.39, 0.29) is 17.7 Å². The van der Waals surface area contributed by atoms with Crippen molar-refractivity contribution in [3.8, 4) is 0 Å². The van der Waals surface area contributed by atoms with Crippen molar-refractivity contribution in [3.63, 3.8) is 0 Å². The molecule has 3 amide bonds. The van der Waals surface area contributed by atoms with Gasteiger partial charge in [0.05, 0.1) is 5.75 Å². The summed E-state index contributed by atoms with van der Waals surface area (Å²) in [5.41, 5.74) is 0. The second-order valence-corrected chi connectivity index (χ2v) is 5.67. The zero-order valence-corrected chi connectivity index (χ0v) is 11.4. The lowest BCUT2D eigenvalue weighted by Crippen LogP contribution is -2.35. The molecular formula is C9H13N5O2S2. The molecule has 1 saturated heterocycles. The molecule has 2 heterocycles. The minimum atomic E-state index is -0.314. The van der Waals surface area contributed by atoms with Crippen molar-refractivity contribution in [1.82, 2.24) is 20.4 Å². The standard InChI is InChI=1S/C9H13N5O2S2/c1-2-10-7-12-13-9(18-7)17-5-6(15)14-4-3-11-8(14)16/h2-5H2,1H3,(H,10,12)(H,11,16). The van der Waals surface area contributed by atoms with Crippen LogP contribution in [-0.2, 0) is 4.79 Å². The minimum absolute atomic E-state index is 0.199. The summed E-state index contributed by atoms with van der Waals surface area (Å²) in [7, 11) is 0. The van der Waals surface area contributed by atoms with Gasteiger partial charge >= 0.3 is 6.03 Å². The predicted octanol–water partition coefficient (Wildman–Crippen LogP) is 0.614. The lowest BCUT2D eigenvalue weighted by atomic mass is 10.5. The van der Waals surface area contributed by atoms with E-state index < -0.39 is 0 Å². The van der Waals surface area contributed by atoms with Crippen molar-refractivity contribution < 1.29 is 9.59 Å². The van der Waals surface area contributed by atoms with Gasteiger partial charge in [0, 0.05) is 19.6 Å². The minimum Gasteiger partial charge on any atom is -0.360 e. The number of rotatable bonds is 5. The Morgan fingerprint density at radius 3 is 3.11 bits per heavy atom. The largest absolute Gasteiger partial charge is 0.360 e. The number of hydrogen-bond donors (Lipinski definition) is 2. The van der Waals surface area contributed by atoms with Gasteiger partial charge in [0.25, 0.3) is 0 Å². The van der Waals surface area contributed by atoms with E-state index in [1.807, 2.05) is 6.92 Å². The Labute approximate surface area is 112 Å². The van der Waals surface area contributed by atoms with Crippen LogP contribution in [-0.4, -0.2) is 52.4 Å². The van der Waals surface area contributed by atoms with E-state index in [9.17, 15) is 9.59 Å². The van der Waals surface area contributed by atoms with Gasteiger partial charge in [-0.3, -0.25) is 9.69 Å². The van der Waals surface area contributed by atoms with Crippen molar-refractivity contribution in [2.75, 3.05) is 30.7 Å². The summed E-state index contributed by atoms with van der Waals surface area (Å²) >= 11 is 2.70. The Hall–Kier alpha value is -1.35. The second-order valence-electron chi connectivity index (χ2n) is 3.47. The fourth-order valence-electron chi connectivity index (χ4n) is 1.40. The van der Waals surface area contributed by atoms with Gasteiger partial charge in [0.15, 0.2) is 4.34 Å². The third kappa shape index (κ3) is 3.10. The van der Waals surface area contributed by atoms with Crippen LogP contribution in [0.3, 0.4) is 0 Å². The van der Waals surface area contributed by atoms with Crippen LogP contribution in [0.5, 0.6) is 0 Å². The molecule has 98 valence electrons. The van der Waals surface area contributed by atoms with Crippen molar-refractivity contribution >= 4 is 40.2 Å². The number of hydrogen-bond acceptors (Lipinski definition) is 7. The SMILES string of the molecule is CCNc1nnc(SCC(=O)N2CCNC2=O)s1. The highest BCUT2D eigenvalue weighted by molar-refractivity contribution is 8.01. The molecule has 2 rings (SSSR count). The molecule has 1 aliphatic heterocycles. The normalized spacial score (nSPS) is 14.7. The molecule has 0 saturated carbocycles. The number of amides is 3. The Bertz CT molecular complexity index is 450. The number of carbonyl (C=O) groups excluding carboxylic acids is 2. The molecule has 2 N–H and O–H groups in total. The van der Waals surface area contributed by atoms with Gasteiger partial charge in [-0.05, 0) is 6.92 Å². The van der Waals surface area contributed by atoms with E-state index in [0.717, 1.165) is 16.0 Å². The molecular weight excluding hydrogens is 274 g/mol. The number of anilines is 1. The number of nitrogens with one attached hydrogen (secondary N) is 2. The number of imide groups is 1. The smallest absolute Gasteiger partial charge is 0.324 e. The topological polar surface area (TPSA) is 87.2 Å². The highest BCUT2D eigenvalue weighted by Crippen LogP contribution is 2.25. The molecule has 7 nitrogen and oxygen atoms in total. The Kier molecular flexibility index (Phi) is 4.37. The first kappa shape index (κ1) is 13.1. The molecule has 0 spiro atoms. The van der Waals surface area contributed by atoms with Crippen molar-refractivity contribution in [1.29, 1.82) is 0 Å². The second kappa shape index (κ2) is 6.01. The molecule has 1 aliphatic rings. The summed E-state index contributed by atoms with van der Waals surface area (Å²) in [5, 5.41) is 14.3. The van der Waals surface area contributed by atoms with Crippen LogP contribution in [0, 0.1) is 0 Å². The lowest BCUT2D eigenvalue weighted by Gasteiger charge is -2.10. The third-order valence-electron chi connectivity index (χ3n) is 2.21. The molecule has 0 aromatic carbocycles. The average molecular weight is 287 g/mol. The third-order valence-corrected chi connectivity index (χ3v) is 4.21. The monoisotopic (exact) mass is 287 g/mol. The number of urea groups is 1. The Morgan fingerprint density at radius 2 is 2.44 bits per heavy atom. The van der Waals surface area contributed by atoms with Crippen LogP contribution < -0.4 is 10.6 Å². The van der Waals surface area contributed by atoms with Gasteiger partial charge in [-0.2, -0.15) is 0 Å². The van der Waals surface area contributed by atoms with Crippen LogP contribution in [0.2, 0.25) is 0 Å². The van der Waals surface area contributed by atoms with Gasteiger partial charge in [0.2, 0.25) is 11.0 Å². The lowest BCUT2D eigenvalue weighted by molar-refractivity contribution is -0.124. The highest BCUT2D eigenvalue weighted by Gasteiger charge is 2.26. The van der Waals surface area contributed by atoms with E-state index in [1.54, 1.807) is 0 Å². The first-order valence-electron chi connectivity index (χ1n) is 5.49. The molecule has 0 unspecified atom stereocenters. The predicted molar refractivity (Wildman–Crippen MR) is 69.9 cm³/mol. The zero-order valence-electron chi connectivity index (χ0n) is 9.80. The van der Waals surface area contributed by atoms with E-state index in [1.165, 1.54) is 28.0 Å². The molecule has 0 aliphatic carbocycles. The number of nitrogens with zero attached hydrogens (tertiary/aromatic N) is 3. The van der Waals surface area contributed by atoms with Crippen molar-refractivity contribution in [2.45, 2.75) is 11.3 Å². The summed E-state index contributed by atoms with van der Waals surface area (Å²) in [4.78, 5) is 24.2. The maximum absolute atomic E-state index is 11.7. The van der Waals surface area contributed by atoms with Crippen LogP contribution in [0.1, 0.15) is 6.92 Å². The van der Waals surface area contributed by atoms with Gasteiger partial charge in [-0.1, -0.05) is 23.1 Å². The summed E-state index contributed by atoms with van der Waals surface area (Å²) in [6.07, 6.45) is 0. The van der Waals surface area contributed by atoms with Gasteiger partial charge < -0.3 is 10.6 Å². The average Bonchev–Trinajstić information content (AvgIpc) is 2.96. The molecule has 1 aromatic rings. The summed E-state index contributed by atoms with van der Waals surface area (Å²) in [5.74, 6) is 0.00367. The van der Waals surface area contributed by atoms with Crippen LogP contribution >= 0.6 is 23.1 Å². The number of thioether (sulfide) groups is 1. The first-order valence-corrected chi connectivity index (χ1v) is 7.29. The zero-order chi connectivity index (χ0) is 13.0. The maximum atomic E-state index is 11.7.